The molecule has 0 aliphatic carbocycles. The van der Waals surface area contributed by atoms with Crippen molar-refractivity contribution in [2.75, 3.05) is 6.61 Å². The first-order valence-corrected chi connectivity index (χ1v) is 9.62. The zero-order valence-corrected chi connectivity index (χ0v) is 12.9. The third kappa shape index (κ3) is 6.71. The molecular weight excluding hydrogens is 252 g/mol. The van der Waals surface area contributed by atoms with Crippen LogP contribution in [0.1, 0.15) is 12.0 Å². The number of aliphatic hydroxyl groups excluding tert-OH is 2. The Bertz CT molecular complexity index is 362. The van der Waals surface area contributed by atoms with Crippen LogP contribution >= 0.6 is 0 Å². The second-order valence-electron chi connectivity index (χ2n) is 5.28. The monoisotopic (exact) mass is 277 g/mol. The van der Waals surface area contributed by atoms with Gasteiger partial charge in [-0.25, -0.2) is 0 Å². The summed E-state index contributed by atoms with van der Waals surface area (Å²) >= 11 is 0. The van der Waals surface area contributed by atoms with Crippen molar-refractivity contribution in [1.29, 1.82) is 0 Å². The van der Waals surface area contributed by atoms with Gasteiger partial charge in [-0.15, -0.1) is 0 Å². The molecule has 2 atom stereocenters. The number of hydrogen-bond acceptors (Lipinski definition) is 2. The molecular formula is C16H25O2Si. The maximum Gasteiger partial charge on any atom is 0.0628 e. The van der Waals surface area contributed by atoms with Gasteiger partial charge in [0.15, 0.2) is 0 Å². The minimum atomic E-state index is -0.467. The van der Waals surface area contributed by atoms with Crippen molar-refractivity contribution < 1.29 is 10.2 Å². The number of benzene rings is 1. The Kier molecular flexibility index (Phi) is 7.71. The SMILES string of the molecule is C[Si](C)C/C=C/[C@H](CO)[C@H](O)CCc1ccccc1. The lowest BCUT2D eigenvalue weighted by Crippen LogP contribution is -2.22. The molecule has 2 nitrogen and oxygen atoms in total. The molecule has 1 rings (SSSR count). The molecule has 0 aliphatic heterocycles. The molecule has 1 radical (unpaired) electrons. The molecule has 2 N–H and O–H groups in total. The third-order valence-electron chi connectivity index (χ3n) is 3.19. The topological polar surface area (TPSA) is 40.5 Å². The van der Waals surface area contributed by atoms with Crippen LogP contribution in [0, 0.1) is 5.92 Å². The molecule has 3 heteroatoms. The predicted molar refractivity (Wildman–Crippen MR) is 82.8 cm³/mol. The van der Waals surface area contributed by atoms with Crippen molar-refractivity contribution in [3.05, 3.63) is 48.0 Å². The van der Waals surface area contributed by atoms with E-state index < -0.39 is 6.10 Å². The fourth-order valence-corrected chi connectivity index (χ4v) is 2.57. The molecule has 1 aromatic rings. The molecule has 0 spiro atoms. The average Bonchev–Trinajstić information content (AvgIpc) is 2.42. The molecule has 0 amide bonds. The molecule has 0 saturated carbocycles. The van der Waals surface area contributed by atoms with E-state index in [9.17, 15) is 10.2 Å². The van der Waals surface area contributed by atoms with Crippen molar-refractivity contribution in [3.8, 4) is 0 Å². The van der Waals surface area contributed by atoms with E-state index in [0.29, 0.717) is 6.42 Å². The number of hydrogen-bond donors (Lipinski definition) is 2. The standard InChI is InChI=1S/C16H25O2Si/c1-19(2)12-6-9-15(13-17)16(18)11-10-14-7-4-3-5-8-14/h3-9,15-18H,10-13H2,1-2H3/b9-6+/t15-,16-/m1/s1. The highest BCUT2D eigenvalue weighted by Crippen LogP contribution is 2.13. The van der Waals surface area contributed by atoms with Gasteiger partial charge in [0.2, 0.25) is 0 Å². The van der Waals surface area contributed by atoms with Crippen LogP contribution < -0.4 is 0 Å². The average molecular weight is 277 g/mol. The maximum absolute atomic E-state index is 10.1. The second kappa shape index (κ2) is 9.07. The van der Waals surface area contributed by atoms with Crippen molar-refractivity contribution >= 4 is 8.80 Å². The first-order valence-electron chi connectivity index (χ1n) is 6.92. The van der Waals surface area contributed by atoms with Gasteiger partial charge in [-0.2, -0.15) is 0 Å². The van der Waals surface area contributed by atoms with E-state index in [1.54, 1.807) is 0 Å². The predicted octanol–water partition coefficient (Wildman–Crippen LogP) is 2.90. The first kappa shape index (κ1) is 16.2. The van der Waals surface area contributed by atoms with E-state index in [1.807, 2.05) is 24.3 Å². The maximum atomic E-state index is 10.1. The zero-order valence-electron chi connectivity index (χ0n) is 11.9. The Morgan fingerprint density at radius 1 is 1.21 bits per heavy atom. The van der Waals surface area contributed by atoms with Crippen LogP contribution in [0.5, 0.6) is 0 Å². The van der Waals surface area contributed by atoms with Gasteiger partial charge in [0.05, 0.1) is 12.7 Å². The molecule has 19 heavy (non-hydrogen) atoms. The Balaban J connectivity index is 2.41. The van der Waals surface area contributed by atoms with E-state index in [-0.39, 0.29) is 21.3 Å². The number of aryl methyl sites for hydroxylation is 1. The lowest BCUT2D eigenvalue weighted by Gasteiger charge is -2.17. The van der Waals surface area contributed by atoms with Gasteiger partial charge >= 0.3 is 0 Å². The van der Waals surface area contributed by atoms with Crippen molar-refractivity contribution in [2.45, 2.75) is 38.1 Å². The van der Waals surface area contributed by atoms with Crippen molar-refractivity contribution in [3.63, 3.8) is 0 Å². The molecule has 105 valence electrons. The summed E-state index contributed by atoms with van der Waals surface area (Å²) in [7, 11) is -0.268. The van der Waals surface area contributed by atoms with Crippen LogP contribution in [0.2, 0.25) is 19.1 Å². The van der Waals surface area contributed by atoms with Crippen LogP contribution in [0.3, 0.4) is 0 Å². The second-order valence-corrected chi connectivity index (χ2v) is 8.10. The summed E-state index contributed by atoms with van der Waals surface area (Å²) in [6, 6.07) is 11.2. The third-order valence-corrected chi connectivity index (χ3v) is 4.24. The lowest BCUT2D eigenvalue weighted by atomic mass is 9.96. The van der Waals surface area contributed by atoms with Gasteiger partial charge in [0, 0.05) is 14.7 Å². The fraction of sp³-hybridized carbons (Fsp3) is 0.500. The van der Waals surface area contributed by atoms with Crippen molar-refractivity contribution in [2.24, 2.45) is 5.92 Å². The summed E-state index contributed by atoms with van der Waals surface area (Å²) < 4.78 is 0. The molecule has 0 aliphatic rings. The highest BCUT2D eigenvalue weighted by Gasteiger charge is 2.15. The minimum absolute atomic E-state index is 0.0158. The van der Waals surface area contributed by atoms with E-state index in [0.717, 1.165) is 12.5 Å². The summed E-state index contributed by atoms with van der Waals surface area (Å²) in [5, 5.41) is 19.5. The van der Waals surface area contributed by atoms with Crippen LogP contribution in [-0.4, -0.2) is 31.7 Å². The van der Waals surface area contributed by atoms with E-state index in [1.165, 1.54) is 5.56 Å². The highest BCUT2D eigenvalue weighted by atomic mass is 28.3. The normalized spacial score (nSPS) is 15.0. The molecule has 0 aromatic heterocycles. The van der Waals surface area contributed by atoms with Crippen LogP contribution in [-0.2, 0) is 6.42 Å². The van der Waals surface area contributed by atoms with E-state index in [2.05, 4.69) is 31.3 Å². The summed E-state index contributed by atoms with van der Waals surface area (Å²) in [4.78, 5) is 0. The van der Waals surface area contributed by atoms with E-state index >= 15 is 0 Å². The Morgan fingerprint density at radius 3 is 2.47 bits per heavy atom. The van der Waals surface area contributed by atoms with Crippen LogP contribution in [0.25, 0.3) is 0 Å². The Morgan fingerprint density at radius 2 is 1.89 bits per heavy atom. The van der Waals surface area contributed by atoms with Crippen LogP contribution in [0.15, 0.2) is 42.5 Å². The smallest absolute Gasteiger partial charge is 0.0628 e. The molecule has 0 bridgehead atoms. The Hall–Kier alpha value is -0.903. The van der Waals surface area contributed by atoms with Crippen molar-refractivity contribution in [1.82, 2.24) is 0 Å². The number of allylic oxidation sites excluding steroid dienone is 1. The lowest BCUT2D eigenvalue weighted by molar-refractivity contribution is 0.0850. The minimum Gasteiger partial charge on any atom is -0.396 e. The Labute approximate surface area is 118 Å². The highest BCUT2D eigenvalue weighted by molar-refractivity contribution is 6.56. The van der Waals surface area contributed by atoms with Gasteiger partial charge in [-0.1, -0.05) is 55.6 Å². The quantitative estimate of drug-likeness (QED) is 0.566. The summed E-state index contributed by atoms with van der Waals surface area (Å²) in [5.41, 5.74) is 1.23. The van der Waals surface area contributed by atoms with Gasteiger partial charge in [-0.05, 0) is 24.4 Å². The van der Waals surface area contributed by atoms with Gasteiger partial charge in [-0.3, -0.25) is 0 Å². The van der Waals surface area contributed by atoms with Gasteiger partial charge in [0.1, 0.15) is 0 Å². The summed E-state index contributed by atoms with van der Waals surface area (Å²) in [6.45, 7) is 4.53. The zero-order chi connectivity index (χ0) is 14.1. The molecule has 1 aromatic carbocycles. The molecule has 0 saturated heterocycles. The van der Waals surface area contributed by atoms with E-state index in [4.69, 9.17) is 0 Å². The fourth-order valence-electron chi connectivity index (χ4n) is 1.96. The van der Waals surface area contributed by atoms with Crippen LogP contribution in [0.4, 0.5) is 0 Å². The molecule has 0 unspecified atom stereocenters. The molecule has 0 heterocycles. The van der Waals surface area contributed by atoms with Gasteiger partial charge < -0.3 is 10.2 Å². The number of rotatable bonds is 8. The molecule has 0 fully saturated rings. The first-order chi connectivity index (χ1) is 9.13. The largest absolute Gasteiger partial charge is 0.396 e. The summed E-state index contributed by atoms with van der Waals surface area (Å²) in [5.74, 6) is -0.134. The summed E-state index contributed by atoms with van der Waals surface area (Å²) in [6.07, 6.45) is 5.16. The number of aliphatic hydroxyl groups is 2. The van der Waals surface area contributed by atoms with Gasteiger partial charge in [0.25, 0.3) is 0 Å².